The third-order valence-corrected chi connectivity index (χ3v) is 8.33. The number of nitrogens with zero attached hydrogens (tertiary/aromatic N) is 5. The van der Waals surface area contributed by atoms with Gasteiger partial charge in [-0.3, -0.25) is 10.6 Å². The number of ether oxygens (including phenoxy) is 2. The highest BCUT2D eigenvalue weighted by Gasteiger charge is 2.26. The van der Waals surface area contributed by atoms with E-state index in [9.17, 15) is 31.6 Å². The van der Waals surface area contributed by atoms with Crippen LogP contribution < -0.4 is 30.7 Å². The number of hydroxylamine groups is 1. The zero-order valence-electron chi connectivity index (χ0n) is 28.4. The molecule has 2 aromatic carbocycles. The predicted molar refractivity (Wildman–Crippen MR) is 189 cm³/mol. The number of urea groups is 2. The number of hydrogen-bond acceptors (Lipinski definition) is 14. The Kier molecular flexibility index (Phi) is 13.7. The van der Waals surface area contributed by atoms with Gasteiger partial charge in [-0.05, 0) is 40.6 Å². The molecule has 2 heterocycles. The van der Waals surface area contributed by atoms with Gasteiger partial charge in [-0.2, -0.15) is 8.75 Å². The van der Waals surface area contributed by atoms with Crippen molar-refractivity contribution in [1.29, 1.82) is 0 Å². The Bertz CT molecular complexity index is 1990. The summed E-state index contributed by atoms with van der Waals surface area (Å²) in [6.45, 7) is 7.62. The maximum atomic E-state index is 13.8. The summed E-state index contributed by atoms with van der Waals surface area (Å²) in [4.78, 5) is 51.0. The van der Waals surface area contributed by atoms with Crippen LogP contribution in [-0.2, 0) is 32.6 Å². The lowest BCUT2D eigenvalue weighted by molar-refractivity contribution is -0.170. The minimum atomic E-state index is -4.15. The van der Waals surface area contributed by atoms with Crippen LogP contribution in [0.4, 0.5) is 40.0 Å². The van der Waals surface area contributed by atoms with E-state index in [2.05, 4.69) is 40.0 Å². The monoisotopic (exact) mass is 783 g/mol. The zero-order valence-corrected chi connectivity index (χ0v) is 30.9. The molecule has 0 atom stereocenters. The Morgan fingerprint density at radius 3 is 1.69 bits per heavy atom. The molecule has 0 saturated carbocycles. The van der Waals surface area contributed by atoms with E-state index >= 15 is 0 Å². The minimum Gasteiger partial charge on any atom is -0.491 e. The van der Waals surface area contributed by atoms with Gasteiger partial charge >= 0.3 is 18.0 Å². The van der Waals surface area contributed by atoms with Gasteiger partial charge in [0.05, 0.1) is 30.8 Å². The molecule has 0 aliphatic heterocycles. The second-order valence-corrected chi connectivity index (χ2v) is 15.1. The first-order valence-corrected chi connectivity index (χ1v) is 18.8. The number of benzene rings is 2. The van der Waals surface area contributed by atoms with Crippen molar-refractivity contribution in [3.05, 3.63) is 59.7 Å². The van der Waals surface area contributed by atoms with E-state index < -0.39 is 52.7 Å². The van der Waals surface area contributed by atoms with Crippen LogP contribution in [0.1, 0.15) is 39.3 Å². The van der Waals surface area contributed by atoms with E-state index in [4.69, 9.17) is 14.3 Å². The largest absolute Gasteiger partial charge is 0.491 e. The number of anilines is 4. The normalized spacial score (nSPS) is 11.4. The van der Waals surface area contributed by atoms with Crippen LogP contribution in [0.5, 0.6) is 11.5 Å². The van der Waals surface area contributed by atoms with E-state index in [1.54, 1.807) is 0 Å². The fourth-order valence-corrected chi connectivity index (χ4v) is 5.53. The van der Waals surface area contributed by atoms with E-state index in [1.165, 1.54) is 12.1 Å². The number of nitrogens with one attached hydrogen (secondary N) is 4. The third kappa shape index (κ3) is 12.6. The third-order valence-electron chi connectivity index (χ3n) is 6.05. The summed E-state index contributed by atoms with van der Waals surface area (Å²) in [5, 5.41) is 9.95. The summed E-state index contributed by atoms with van der Waals surface area (Å²) in [6.07, 6.45) is 0.226. The average molecular weight is 784 g/mol. The molecule has 0 radical (unpaired) electrons. The Morgan fingerprint density at radius 2 is 1.23 bits per heavy atom. The highest BCUT2D eigenvalue weighted by atomic mass is 32.2. The second-order valence-electron chi connectivity index (χ2n) is 11.7. The van der Waals surface area contributed by atoms with Crippen molar-refractivity contribution in [1.82, 2.24) is 23.2 Å². The van der Waals surface area contributed by atoms with Crippen molar-refractivity contribution in [2.75, 3.05) is 40.7 Å². The first-order valence-electron chi connectivity index (χ1n) is 15.4. The summed E-state index contributed by atoms with van der Waals surface area (Å²) in [5.41, 5.74) is 0.409. The topological polar surface area (TPSA) is 216 Å². The SMILES string of the molecule is CC(C)COc1cc(F)ccc1NC(=O)Nc1nc(CC(=O)ON(Cc2nsc(NC(=O)Nc3ccc(F)cc3OCC(C)C)n2)S(C)(=O)=O)ns1. The molecular weight excluding hydrogens is 749 g/mol. The summed E-state index contributed by atoms with van der Waals surface area (Å²) >= 11 is 1.47. The van der Waals surface area contributed by atoms with Gasteiger partial charge in [0.15, 0.2) is 11.6 Å². The Labute approximate surface area is 305 Å². The molecule has 4 aromatic rings. The standard InChI is InChI=1S/C30H35F2N9O8S3/c1-16(2)14-47-22-10-18(31)6-8-20(22)33-27(43)37-29-35-24(39-50-29)12-26(42)49-41(52(5,45)46)13-25-36-30(51-40-25)38-28(44)34-21-9-7-19(32)11-23(21)48-15-17(3)4/h6-11,16-17H,12-15H2,1-5H3,(H2,33,35,37,39,43)(H2,34,36,38,40,44). The number of aromatic nitrogens is 4. The maximum Gasteiger partial charge on any atom is 0.334 e. The molecule has 0 saturated heterocycles. The average Bonchev–Trinajstić information content (AvgIpc) is 3.68. The molecule has 4 amide bonds. The highest BCUT2D eigenvalue weighted by molar-refractivity contribution is 7.88. The number of rotatable bonds is 16. The summed E-state index contributed by atoms with van der Waals surface area (Å²) in [7, 11) is -4.15. The van der Waals surface area contributed by atoms with Crippen LogP contribution in [0.25, 0.3) is 0 Å². The maximum absolute atomic E-state index is 13.8. The van der Waals surface area contributed by atoms with Crippen LogP contribution in [0, 0.1) is 23.5 Å². The number of hydrogen-bond donors (Lipinski definition) is 4. The minimum absolute atomic E-state index is 0.00139. The van der Waals surface area contributed by atoms with Crippen molar-refractivity contribution in [2.45, 2.75) is 40.7 Å². The second kappa shape index (κ2) is 17.9. The van der Waals surface area contributed by atoms with Gasteiger partial charge in [-0.15, -0.1) is 0 Å². The molecule has 0 unspecified atom stereocenters. The van der Waals surface area contributed by atoms with E-state index in [0.717, 1.165) is 53.6 Å². The van der Waals surface area contributed by atoms with Crippen LogP contribution in [-0.4, -0.2) is 69.1 Å². The number of carbonyl (C=O) groups is 3. The Balaban J connectivity index is 1.31. The number of amides is 4. The van der Waals surface area contributed by atoms with Crippen molar-refractivity contribution in [3.63, 3.8) is 0 Å². The molecule has 52 heavy (non-hydrogen) atoms. The molecule has 0 bridgehead atoms. The summed E-state index contributed by atoms with van der Waals surface area (Å²) in [6, 6.07) is 5.76. The van der Waals surface area contributed by atoms with Gasteiger partial charge in [-0.25, -0.2) is 41.6 Å². The van der Waals surface area contributed by atoms with Crippen LogP contribution in [0.2, 0.25) is 0 Å². The molecule has 22 heteroatoms. The molecular formula is C30H35F2N9O8S3. The molecule has 0 aliphatic rings. The smallest absolute Gasteiger partial charge is 0.334 e. The lowest BCUT2D eigenvalue weighted by Crippen LogP contribution is -2.33. The van der Waals surface area contributed by atoms with Gasteiger partial charge in [0.1, 0.15) is 36.1 Å². The Hall–Kier alpha value is -5.06. The van der Waals surface area contributed by atoms with E-state index in [1.807, 2.05) is 27.7 Å². The molecule has 0 aliphatic carbocycles. The number of halogens is 2. The summed E-state index contributed by atoms with van der Waals surface area (Å²) < 4.78 is 71.9. The van der Waals surface area contributed by atoms with Crippen LogP contribution in [0.15, 0.2) is 36.4 Å². The van der Waals surface area contributed by atoms with Crippen molar-refractivity contribution in [2.24, 2.45) is 11.8 Å². The van der Waals surface area contributed by atoms with Crippen molar-refractivity contribution >= 4 is 72.8 Å². The quantitative estimate of drug-likeness (QED) is 0.104. The lowest BCUT2D eigenvalue weighted by atomic mass is 10.2. The fourth-order valence-electron chi connectivity index (χ4n) is 3.81. The van der Waals surface area contributed by atoms with Gasteiger partial charge in [0, 0.05) is 35.2 Å². The summed E-state index contributed by atoms with van der Waals surface area (Å²) in [5.74, 6) is -1.78. The lowest BCUT2D eigenvalue weighted by Gasteiger charge is -2.16. The van der Waals surface area contributed by atoms with Crippen molar-refractivity contribution < 1.29 is 45.9 Å². The number of sulfonamides is 1. The first kappa shape index (κ1) is 39.7. The molecule has 4 rings (SSSR count). The van der Waals surface area contributed by atoms with Crippen molar-refractivity contribution in [3.8, 4) is 11.5 Å². The Morgan fingerprint density at radius 1 is 0.769 bits per heavy atom. The van der Waals surface area contributed by atoms with Crippen LogP contribution >= 0.6 is 23.1 Å². The fraction of sp³-hybridized carbons (Fsp3) is 0.367. The van der Waals surface area contributed by atoms with Gasteiger partial charge in [-0.1, -0.05) is 27.7 Å². The highest BCUT2D eigenvalue weighted by Crippen LogP contribution is 2.28. The van der Waals surface area contributed by atoms with Gasteiger partial charge < -0.3 is 24.9 Å². The first-order chi connectivity index (χ1) is 24.5. The zero-order chi connectivity index (χ0) is 38.0. The van der Waals surface area contributed by atoms with E-state index in [-0.39, 0.29) is 63.2 Å². The molecule has 0 spiro atoms. The van der Waals surface area contributed by atoms with Crippen LogP contribution in [0.3, 0.4) is 0 Å². The molecule has 17 nitrogen and oxygen atoms in total. The molecule has 0 fully saturated rings. The molecule has 2 aromatic heterocycles. The molecule has 280 valence electrons. The van der Waals surface area contributed by atoms with Gasteiger partial charge in [0.25, 0.3) is 0 Å². The van der Waals surface area contributed by atoms with Gasteiger partial charge in [0.2, 0.25) is 20.3 Å². The predicted octanol–water partition coefficient (Wildman–Crippen LogP) is 5.49. The molecule has 4 N–H and O–H groups in total. The number of carbonyl (C=O) groups excluding carboxylic acids is 3. The van der Waals surface area contributed by atoms with E-state index in [0.29, 0.717) is 11.1 Å².